The maximum absolute atomic E-state index is 12.0. The van der Waals surface area contributed by atoms with E-state index in [9.17, 15) is 8.42 Å². The van der Waals surface area contributed by atoms with Gasteiger partial charge in [-0.05, 0) is 44.4 Å². The Morgan fingerprint density at radius 1 is 1.31 bits per heavy atom. The first kappa shape index (κ1) is 11.5. The van der Waals surface area contributed by atoms with Crippen LogP contribution in [0.4, 0.5) is 0 Å². The average molecular weight is 240 g/mol. The van der Waals surface area contributed by atoms with Crippen molar-refractivity contribution in [3.05, 3.63) is 23.8 Å². The zero-order valence-electron chi connectivity index (χ0n) is 9.56. The lowest BCUT2D eigenvalue weighted by atomic mass is 10.1. The highest BCUT2D eigenvalue weighted by molar-refractivity contribution is 7.92. The SMILES string of the molecule is CC(C)S(=O)(=O)c1ccc2c(c1)OCCC2. The molecule has 0 N–H and O–H groups in total. The van der Waals surface area contributed by atoms with E-state index in [0.29, 0.717) is 11.5 Å². The third kappa shape index (κ3) is 1.94. The van der Waals surface area contributed by atoms with Crippen LogP contribution in [0, 0.1) is 0 Å². The second-order valence-electron chi connectivity index (χ2n) is 4.32. The Labute approximate surface area is 96.4 Å². The summed E-state index contributed by atoms with van der Waals surface area (Å²) in [4.78, 5) is 0.364. The van der Waals surface area contributed by atoms with Crippen molar-refractivity contribution in [2.24, 2.45) is 0 Å². The van der Waals surface area contributed by atoms with Crippen molar-refractivity contribution in [2.45, 2.75) is 36.8 Å². The molecule has 0 amide bonds. The highest BCUT2D eigenvalue weighted by Gasteiger charge is 2.21. The fraction of sp³-hybridized carbons (Fsp3) is 0.500. The summed E-state index contributed by atoms with van der Waals surface area (Å²) in [7, 11) is -3.19. The average Bonchev–Trinajstić information content (AvgIpc) is 2.28. The Bertz CT molecular complexity index is 489. The highest BCUT2D eigenvalue weighted by Crippen LogP contribution is 2.28. The summed E-state index contributed by atoms with van der Waals surface area (Å²) in [6.07, 6.45) is 1.97. The van der Waals surface area contributed by atoms with Gasteiger partial charge < -0.3 is 4.74 Å². The third-order valence-electron chi connectivity index (χ3n) is 2.84. The van der Waals surface area contributed by atoms with Gasteiger partial charge in [-0.2, -0.15) is 0 Å². The van der Waals surface area contributed by atoms with Crippen molar-refractivity contribution in [2.75, 3.05) is 6.61 Å². The van der Waals surface area contributed by atoms with E-state index in [1.54, 1.807) is 26.0 Å². The fourth-order valence-electron chi connectivity index (χ4n) is 1.77. The van der Waals surface area contributed by atoms with Gasteiger partial charge in [-0.1, -0.05) is 6.07 Å². The van der Waals surface area contributed by atoms with Crippen molar-refractivity contribution in [3.8, 4) is 5.75 Å². The van der Waals surface area contributed by atoms with Gasteiger partial charge in [0.2, 0.25) is 0 Å². The van der Waals surface area contributed by atoms with E-state index in [1.807, 2.05) is 6.07 Å². The molecule has 0 atom stereocenters. The van der Waals surface area contributed by atoms with Crippen molar-refractivity contribution in [3.63, 3.8) is 0 Å². The third-order valence-corrected chi connectivity index (χ3v) is 4.99. The quantitative estimate of drug-likeness (QED) is 0.796. The van der Waals surface area contributed by atoms with Crippen LogP contribution >= 0.6 is 0 Å². The molecule has 0 unspecified atom stereocenters. The molecular weight excluding hydrogens is 224 g/mol. The van der Waals surface area contributed by atoms with Crippen LogP contribution < -0.4 is 4.74 Å². The summed E-state index contributed by atoms with van der Waals surface area (Å²) in [5.41, 5.74) is 1.11. The Hall–Kier alpha value is -1.03. The number of sulfone groups is 1. The first-order chi connectivity index (χ1) is 7.51. The largest absolute Gasteiger partial charge is 0.493 e. The summed E-state index contributed by atoms with van der Waals surface area (Å²) in [6, 6.07) is 5.20. The Balaban J connectivity index is 2.45. The first-order valence-electron chi connectivity index (χ1n) is 5.51. The molecule has 0 saturated heterocycles. The van der Waals surface area contributed by atoms with Crippen LogP contribution in [0.3, 0.4) is 0 Å². The molecule has 0 fully saturated rings. The second kappa shape index (κ2) is 4.09. The predicted molar refractivity (Wildman–Crippen MR) is 62.6 cm³/mol. The summed E-state index contributed by atoms with van der Waals surface area (Å²) in [6.45, 7) is 4.06. The highest BCUT2D eigenvalue weighted by atomic mass is 32.2. The maximum Gasteiger partial charge on any atom is 0.180 e. The topological polar surface area (TPSA) is 43.4 Å². The van der Waals surface area contributed by atoms with E-state index in [0.717, 1.165) is 24.2 Å². The van der Waals surface area contributed by atoms with Gasteiger partial charge in [0.1, 0.15) is 5.75 Å². The van der Waals surface area contributed by atoms with E-state index in [-0.39, 0.29) is 0 Å². The lowest BCUT2D eigenvalue weighted by molar-refractivity contribution is 0.287. The molecule has 1 aliphatic rings. The van der Waals surface area contributed by atoms with Crippen LogP contribution in [-0.4, -0.2) is 20.3 Å². The van der Waals surface area contributed by atoms with Gasteiger partial charge in [-0.15, -0.1) is 0 Å². The molecule has 0 radical (unpaired) electrons. The molecule has 88 valence electrons. The van der Waals surface area contributed by atoms with Gasteiger partial charge in [0.25, 0.3) is 0 Å². The minimum atomic E-state index is -3.19. The number of fused-ring (bicyclic) bond motifs is 1. The number of hydrogen-bond donors (Lipinski definition) is 0. The van der Waals surface area contributed by atoms with Gasteiger partial charge in [-0.25, -0.2) is 8.42 Å². The van der Waals surface area contributed by atoms with Crippen molar-refractivity contribution < 1.29 is 13.2 Å². The van der Waals surface area contributed by atoms with E-state index in [4.69, 9.17) is 4.74 Å². The van der Waals surface area contributed by atoms with E-state index < -0.39 is 15.1 Å². The molecule has 0 aliphatic carbocycles. The molecule has 0 bridgehead atoms. The predicted octanol–water partition coefficient (Wildman–Crippen LogP) is 2.19. The summed E-state index contributed by atoms with van der Waals surface area (Å²) >= 11 is 0. The minimum Gasteiger partial charge on any atom is -0.493 e. The number of hydrogen-bond acceptors (Lipinski definition) is 3. The van der Waals surface area contributed by atoms with Crippen LogP contribution in [0.5, 0.6) is 5.75 Å². The van der Waals surface area contributed by atoms with Crippen molar-refractivity contribution >= 4 is 9.84 Å². The number of benzene rings is 1. The van der Waals surface area contributed by atoms with Crippen LogP contribution in [0.2, 0.25) is 0 Å². The summed E-state index contributed by atoms with van der Waals surface area (Å²) in [5.74, 6) is 0.730. The molecule has 1 aliphatic heterocycles. The molecular formula is C12H16O3S. The molecule has 4 heteroatoms. The lowest BCUT2D eigenvalue weighted by Gasteiger charge is -2.18. The minimum absolute atomic E-state index is 0.364. The fourth-order valence-corrected chi connectivity index (χ4v) is 2.84. The van der Waals surface area contributed by atoms with Crippen molar-refractivity contribution in [1.29, 1.82) is 0 Å². The standard InChI is InChI=1S/C12H16O3S/c1-9(2)16(13,14)11-6-5-10-4-3-7-15-12(10)8-11/h5-6,8-9H,3-4,7H2,1-2H3. The van der Waals surface area contributed by atoms with E-state index in [2.05, 4.69) is 0 Å². The van der Waals surface area contributed by atoms with Crippen molar-refractivity contribution in [1.82, 2.24) is 0 Å². The number of rotatable bonds is 2. The molecule has 16 heavy (non-hydrogen) atoms. The Morgan fingerprint density at radius 2 is 2.06 bits per heavy atom. The Kier molecular flexibility index (Phi) is 2.93. The van der Waals surface area contributed by atoms with Gasteiger partial charge in [-0.3, -0.25) is 0 Å². The summed E-state index contributed by atoms with van der Waals surface area (Å²) in [5, 5.41) is -0.394. The van der Waals surface area contributed by atoms with Gasteiger partial charge >= 0.3 is 0 Å². The zero-order chi connectivity index (χ0) is 11.8. The van der Waals surface area contributed by atoms with E-state index in [1.165, 1.54) is 0 Å². The molecule has 1 aromatic carbocycles. The maximum atomic E-state index is 12.0. The first-order valence-corrected chi connectivity index (χ1v) is 7.06. The Morgan fingerprint density at radius 3 is 2.75 bits per heavy atom. The molecule has 0 saturated carbocycles. The zero-order valence-corrected chi connectivity index (χ0v) is 10.4. The second-order valence-corrected chi connectivity index (χ2v) is 6.82. The lowest BCUT2D eigenvalue weighted by Crippen LogP contribution is -2.15. The molecule has 1 heterocycles. The molecule has 0 spiro atoms. The van der Waals surface area contributed by atoms with Crippen LogP contribution in [-0.2, 0) is 16.3 Å². The monoisotopic (exact) mass is 240 g/mol. The van der Waals surface area contributed by atoms with Crippen LogP contribution in [0.1, 0.15) is 25.8 Å². The van der Waals surface area contributed by atoms with Gasteiger partial charge in [0.05, 0.1) is 16.8 Å². The number of aryl methyl sites for hydroxylation is 1. The summed E-state index contributed by atoms with van der Waals surface area (Å²) < 4.78 is 29.4. The molecule has 3 nitrogen and oxygen atoms in total. The molecule has 1 aromatic rings. The number of ether oxygens (including phenoxy) is 1. The normalized spacial score (nSPS) is 15.7. The van der Waals surface area contributed by atoms with Crippen LogP contribution in [0.25, 0.3) is 0 Å². The van der Waals surface area contributed by atoms with Gasteiger partial charge in [0.15, 0.2) is 9.84 Å². The smallest absolute Gasteiger partial charge is 0.180 e. The van der Waals surface area contributed by atoms with Crippen LogP contribution in [0.15, 0.2) is 23.1 Å². The van der Waals surface area contributed by atoms with Gasteiger partial charge in [0, 0.05) is 0 Å². The van der Waals surface area contributed by atoms with E-state index >= 15 is 0 Å². The molecule has 0 aromatic heterocycles. The molecule has 2 rings (SSSR count).